The molecule has 0 aliphatic carbocycles. The average molecular weight is 329 g/mol. The number of hydrogen-bond donors (Lipinski definition) is 1. The van der Waals surface area contributed by atoms with Crippen molar-refractivity contribution in [3.8, 4) is 17.2 Å². The Morgan fingerprint density at radius 3 is 2.12 bits per heavy atom. The number of hydrogen-bond acceptors (Lipinski definition) is 4. The van der Waals surface area contributed by atoms with Gasteiger partial charge >= 0.3 is 0 Å². The summed E-state index contributed by atoms with van der Waals surface area (Å²) in [6.45, 7) is 4.34. The van der Waals surface area contributed by atoms with Crippen molar-refractivity contribution in [1.82, 2.24) is 5.32 Å². The van der Waals surface area contributed by atoms with Crippen molar-refractivity contribution in [2.75, 3.05) is 20.3 Å². The van der Waals surface area contributed by atoms with E-state index in [0.29, 0.717) is 18.1 Å². The van der Waals surface area contributed by atoms with Gasteiger partial charge in [-0.3, -0.25) is 4.79 Å². The molecular weight excluding hydrogens is 306 g/mol. The summed E-state index contributed by atoms with van der Waals surface area (Å²) in [5, 5.41) is 2.79. The molecule has 1 unspecified atom stereocenters. The molecule has 0 spiro atoms. The summed E-state index contributed by atoms with van der Waals surface area (Å²) in [6.07, 6.45) is 0. The Balaban J connectivity index is 1.81. The number of nitrogens with one attached hydrogen (secondary N) is 1. The van der Waals surface area contributed by atoms with E-state index in [2.05, 4.69) is 5.32 Å². The van der Waals surface area contributed by atoms with Gasteiger partial charge in [0.25, 0.3) is 5.91 Å². The van der Waals surface area contributed by atoms with Crippen molar-refractivity contribution in [3.63, 3.8) is 0 Å². The molecule has 0 aromatic heterocycles. The monoisotopic (exact) mass is 329 g/mol. The molecule has 0 radical (unpaired) electrons. The minimum absolute atomic E-state index is 0.0355. The first-order valence-corrected chi connectivity index (χ1v) is 7.82. The first kappa shape index (κ1) is 17.8. The molecule has 0 aliphatic rings. The van der Waals surface area contributed by atoms with Gasteiger partial charge in [0.1, 0.15) is 17.2 Å². The molecule has 2 aromatic carbocycles. The number of benzene rings is 2. The van der Waals surface area contributed by atoms with Gasteiger partial charge in [-0.25, -0.2) is 0 Å². The normalized spacial score (nSPS) is 11.6. The Hall–Kier alpha value is -2.53. The molecule has 2 rings (SSSR count). The van der Waals surface area contributed by atoms with Crippen LogP contribution < -0.4 is 14.8 Å². The van der Waals surface area contributed by atoms with E-state index >= 15 is 0 Å². The van der Waals surface area contributed by atoms with E-state index in [0.717, 1.165) is 5.75 Å². The van der Waals surface area contributed by atoms with Crippen LogP contribution >= 0.6 is 0 Å². The molecule has 0 aliphatic heterocycles. The zero-order valence-corrected chi connectivity index (χ0v) is 14.2. The van der Waals surface area contributed by atoms with E-state index in [9.17, 15) is 4.79 Å². The lowest BCUT2D eigenvalue weighted by Gasteiger charge is -2.13. The Bertz CT molecular complexity index is 637. The highest BCUT2D eigenvalue weighted by atomic mass is 16.5. The van der Waals surface area contributed by atoms with Crippen LogP contribution in [0.2, 0.25) is 0 Å². The molecule has 1 atom stereocenters. The molecule has 24 heavy (non-hydrogen) atoms. The Kier molecular flexibility index (Phi) is 6.63. The molecule has 2 aromatic rings. The van der Waals surface area contributed by atoms with Gasteiger partial charge in [0.05, 0.1) is 6.61 Å². The van der Waals surface area contributed by atoms with E-state index in [-0.39, 0.29) is 18.6 Å². The first-order valence-electron chi connectivity index (χ1n) is 7.82. The van der Waals surface area contributed by atoms with Crippen molar-refractivity contribution in [3.05, 3.63) is 54.1 Å². The van der Waals surface area contributed by atoms with E-state index in [1.54, 1.807) is 31.4 Å². The van der Waals surface area contributed by atoms with E-state index in [1.807, 2.05) is 38.1 Å². The maximum absolute atomic E-state index is 11.7. The third-order valence-electron chi connectivity index (χ3n) is 3.27. The van der Waals surface area contributed by atoms with Crippen LogP contribution in [0.1, 0.15) is 12.5 Å². The maximum Gasteiger partial charge on any atom is 0.258 e. The molecule has 1 amide bonds. The zero-order valence-electron chi connectivity index (χ0n) is 14.2. The van der Waals surface area contributed by atoms with Gasteiger partial charge in [-0.05, 0) is 50.2 Å². The summed E-state index contributed by atoms with van der Waals surface area (Å²) in [5.41, 5.74) is 1.18. The maximum atomic E-state index is 11.7. The van der Waals surface area contributed by atoms with Crippen molar-refractivity contribution in [2.45, 2.75) is 19.9 Å². The lowest BCUT2D eigenvalue weighted by molar-refractivity contribution is -0.124. The molecule has 1 N–H and O–H groups in total. The van der Waals surface area contributed by atoms with Crippen LogP contribution in [0.4, 0.5) is 0 Å². The van der Waals surface area contributed by atoms with Crippen LogP contribution in [0.3, 0.4) is 0 Å². The molecule has 0 fully saturated rings. The number of amides is 1. The predicted octanol–water partition coefficient (Wildman–Crippen LogP) is 3.32. The van der Waals surface area contributed by atoms with E-state index in [1.165, 1.54) is 5.56 Å². The van der Waals surface area contributed by atoms with Gasteiger partial charge < -0.3 is 19.5 Å². The fourth-order valence-corrected chi connectivity index (χ4v) is 2.10. The highest BCUT2D eigenvalue weighted by molar-refractivity contribution is 5.77. The SMILES string of the molecule is COCC(C)NC(=O)COc1ccc(Oc2ccc(C)cc2)cc1. The number of carbonyl (C=O) groups excluding carboxylic acids is 1. The van der Waals surface area contributed by atoms with Crippen LogP contribution in [-0.4, -0.2) is 32.3 Å². The van der Waals surface area contributed by atoms with Gasteiger partial charge in [-0.2, -0.15) is 0 Å². The quantitative estimate of drug-likeness (QED) is 0.807. The Labute approximate surface area is 142 Å². The number of methoxy groups -OCH3 is 1. The van der Waals surface area contributed by atoms with Gasteiger partial charge in [-0.15, -0.1) is 0 Å². The molecule has 0 saturated carbocycles. The number of ether oxygens (including phenoxy) is 3. The highest BCUT2D eigenvalue weighted by Gasteiger charge is 2.07. The highest BCUT2D eigenvalue weighted by Crippen LogP contribution is 2.24. The summed E-state index contributed by atoms with van der Waals surface area (Å²) in [6, 6.07) is 14.9. The minimum Gasteiger partial charge on any atom is -0.484 e. The fraction of sp³-hybridized carbons (Fsp3) is 0.316. The second kappa shape index (κ2) is 8.93. The largest absolute Gasteiger partial charge is 0.484 e. The summed E-state index contributed by atoms with van der Waals surface area (Å²) in [5.74, 6) is 1.92. The Morgan fingerprint density at radius 2 is 1.54 bits per heavy atom. The topological polar surface area (TPSA) is 56.8 Å². The molecular formula is C19H23NO4. The standard InChI is InChI=1S/C19H23NO4/c1-14-4-6-17(7-5-14)24-18-10-8-16(9-11-18)23-13-19(21)20-15(2)12-22-3/h4-11,15H,12-13H2,1-3H3,(H,20,21). The van der Waals surface area contributed by atoms with Crippen LogP contribution in [0, 0.1) is 6.92 Å². The third kappa shape index (κ3) is 5.93. The lowest BCUT2D eigenvalue weighted by atomic mass is 10.2. The minimum atomic E-state index is -0.181. The fourth-order valence-electron chi connectivity index (χ4n) is 2.10. The lowest BCUT2D eigenvalue weighted by Crippen LogP contribution is -2.38. The number of aryl methyl sites for hydroxylation is 1. The van der Waals surface area contributed by atoms with Crippen LogP contribution in [0.15, 0.2) is 48.5 Å². The summed E-state index contributed by atoms with van der Waals surface area (Å²) >= 11 is 0. The second-order valence-corrected chi connectivity index (χ2v) is 5.60. The van der Waals surface area contributed by atoms with Gasteiger partial charge in [0.2, 0.25) is 0 Å². The molecule has 0 bridgehead atoms. The molecule has 5 heteroatoms. The Morgan fingerprint density at radius 1 is 1.00 bits per heavy atom. The van der Waals surface area contributed by atoms with Crippen LogP contribution in [0.5, 0.6) is 17.2 Å². The molecule has 0 heterocycles. The first-order chi connectivity index (χ1) is 11.6. The van der Waals surface area contributed by atoms with Crippen LogP contribution in [0.25, 0.3) is 0 Å². The van der Waals surface area contributed by atoms with Crippen molar-refractivity contribution in [1.29, 1.82) is 0 Å². The predicted molar refractivity (Wildman–Crippen MR) is 92.7 cm³/mol. The zero-order chi connectivity index (χ0) is 17.4. The van der Waals surface area contributed by atoms with E-state index < -0.39 is 0 Å². The summed E-state index contributed by atoms with van der Waals surface area (Å²) in [4.78, 5) is 11.7. The van der Waals surface area contributed by atoms with Gasteiger partial charge in [0, 0.05) is 13.2 Å². The molecule has 128 valence electrons. The summed E-state index contributed by atoms with van der Waals surface area (Å²) in [7, 11) is 1.60. The smallest absolute Gasteiger partial charge is 0.258 e. The van der Waals surface area contributed by atoms with E-state index in [4.69, 9.17) is 14.2 Å². The number of rotatable bonds is 8. The van der Waals surface area contributed by atoms with Crippen molar-refractivity contribution >= 4 is 5.91 Å². The third-order valence-corrected chi connectivity index (χ3v) is 3.27. The second-order valence-electron chi connectivity index (χ2n) is 5.60. The molecule has 5 nitrogen and oxygen atoms in total. The van der Waals surface area contributed by atoms with Crippen molar-refractivity contribution < 1.29 is 19.0 Å². The molecule has 0 saturated heterocycles. The van der Waals surface area contributed by atoms with Gasteiger partial charge in [0.15, 0.2) is 6.61 Å². The average Bonchev–Trinajstić information content (AvgIpc) is 2.56. The van der Waals surface area contributed by atoms with Crippen molar-refractivity contribution in [2.24, 2.45) is 0 Å². The van der Waals surface area contributed by atoms with Gasteiger partial charge in [-0.1, -0.05) is 17.7 Å². The summed E-state index contributed by atoms with van der Waals surface area (Å²) < 4.78 is 16.2. The number of carbonyl (C=O) groups is 1. The van der Waals surface area contributed by atoms with Crippen LogP contribution in [-0.2, 0) is 9.53 Å².